The van der Waals surface area contributed by atoms with Crippen LogP contribution in [-0.2, 0) is 0 Å². The van der Waals surface area contributed by atoms with Gasteiger partial charge in [0.1, 0.15) is 0 Å². The summed E-state index contributed by atoms with van der Waals surface area (Å²) in [5.74, 6) is 0.871. The Balaban J connectivity index is 1.59. The Morgan fingerprint density at radius 1 is 1.04 bits per heavy atom. The molecule has 0 saturated carbocycles. The van der Waals surface area contributed by atoms with Crippen molar-refractivity contribution in [2.45, 2.75) is 12.5 Å². The smallest absolute Gasteiger partial charge is 0.0677 e. The van der Waals surface area contributed by atoms with Crippen LogP contribution in [0.25, 0.3) is 0 Å². The number of piperazine rings is 1. The van der Waals surface area contributed by atoms with Crippen molar-refractivity contribution in [3.63, 3.8) is 0 Å². The molecule has 1 fully saturated rings. The van der Waals surface area contributed by atoms with Crippen LogP contribution in [0.15, 0.2) is 65.2 Å². The lowest BCUT2D eigenvalue weighted by molar-refractivity contribution is 0.0929. The maximum atomic E-state index is 5.17. The molecule has 3 unspecified atom stereocenters. The molecule has 4 aliphatic rings. The third-order valence-corrected chi connectivity index (χ3v) is 6.19. The van der Waals surface area contributed by atoms with Gasteiger partial charge in [-0.2, -0.15) is 0 Å². The van der Waals surface area contributed by atoms with E-state index in [1.807, 2.05) is 0 Å². The van der Waals surface area contributed by atoms with Gasteiger partial charge in [-0.3, -0.25) is 9.89 Å². The SMILES string of the molecule is CN1CCN(C2c3ccccc3N=C3C4C=CC=CC4=CCC32)CC1. The van der Waals surface area contributed by atoms with Crippen molar-refractivity contribution < 1.29 is 0 Å². The van der Waals surface area contributed by atoms with E-state index in [1.165, 1.54) is 22.5 Å². The summed E-state index contributed by atoms with van der Waals surface area (Å²) in [5, 5.41) is 0. The predicted molar refractivity (Wildman–Crippen MR) is 103 cm³/mol. The van der Waals surface area contributed by atoms with Gasteiger partial charge in [0.15, 0.2) is 0 Å². The lowest BCUT2D eigenvalue weighted by atomic mass is 9.71. The first-order chi connectivity index (χ1) is 12.3. The molecule has 128 valence electrons. The van der Waals surface area contributed by atoms with E-state index in [4.69, 9.17) is 4.99 Å². The van der Waals surface area contributed by atoms with Crippen LogP contribution in [0.2, 0.25) is 0 Å². The van der Waals surface area contributed by atoms with Gasteiger partial charge in [0, 0.05) is 49.8 Å². The Kier molecular flexibility index (Phi) is 3.72. The van der Waals surface area contributed by atoms with E-state index in [2.05, 4.69) is 71.5 Å². The molecule has 0 amide bonds. The molecule has 5 rings (SSSR count). The van der Waals surface area contributed by atoms with Gasteiger partial charge in [0.05, 0.1) is 5.69 Å². The summed E-state index contributed by atoms with van der Waals surface area (Å²) in [7, 11) is 2.23. The Labute approximate surface area is 150 Å². The Bertz CT molecular complexity index is 793. The largest absolute Gasteiger partial charge is 0.304 e. The minimum atomic E-state index is 0.368. The molecule has 25 heavy (non-hydrogen) atoms. The van der Waals surface area contributed by atoms with E-state index in [1.54, 1.807) is 0 Å². The molecule has 2 aliphatic carbocycles. The van der Waals surface area contributed by atoms with Gasteiger partial charge >= 0.3 is 0 Å². The molecule has 0 spiro atoms. The van der Waals surface area contributed by atoms with Crippen molar-refractivity contribution in [1.29, 1.82) is 0 Å². The first-order valence-electron chi connectivity index (χ1n) is 9.46. The summed E-state index contributed by atoms with van der Waals surface area (Å²) < 4.78 is 0. The summed E-state index contributed by atoms with van der Waals surface area (Å²) in [6, 6.07) is 9.27. The van der Waals surface area contributed by atoms with E-state index in [9.17, 15) is 0 Å². The normalized spacial score (nSPS) is 31.6. The minimum Gasteiger partial charge on any atom is -0.304 e. The molecule has 0 N–H and O–H groups in total. The molecule has 2 aliphatic heterocycles. The van der Waals surface area contributed by atoms with E-state index < -0.39 is 0 Å². The molecular formula is C22H25N3. The summed E-state index contributed by atoms with van der Waals surface area (Å²) in [6.45, 7) is 4.61. The maximum Gasteiger partial charge on any atom is 0.0677 e. The number of hydrogen-bond donors (Lipinski definition) is 0. The highest BCUT2D eigenvalue weighted by Crippen LogP contribution is 2.47. The summed E-state index contributed by atoms with van der Waals surface area (Å²) in [6.07, 6.45) is 12.5. The lowest BCUT2D eigenvalue weighted by Crippen LogP contribution is -2.50. The number of nitrogens with zero attached hydrogens (tertiary/aromatic N) is 3. The van der Waals surface area contributed by atoms with Gasteiger partial charge in [-0.05, 0) is 30.7 Å². The number of fused-ring (bicyclic) bond motifs is 4. The van der Waals surface area contributed by atoms with Crippen LogP contribution in [0, 0.1) is 11.8 Å². The second-order valence-electron chi connectivity index (χ2n) is 7.65. The summed E-state index contributed by atoms with van der Waals surface area (Å²) in [5.41, 5.74) is 5.41. The number of benzene rings is 1. The highest BCUT2D eigenvalue weighted by atomic mass is 15.3. The van der Waals surface area contributed by atoms with Crippen molar-refractivity contribution in [3.05, 3.63) is 65.8 Å². The van der Waals surface area contributed by atoms with Crippen LogP contribution in [0.3, 0.4) is 0 Å². The number of likely N-dealkylation sites (N-methyl/N-ethyl adjacent to an activating group) is 1. The molecular weight excluding hydrogens is 306 g/mol. The van der Waals surface area contributed by atoms with E-state index in [0.29, 0.717) is 17.9 Å². The molecule has 2 heterocycles. The van der Waals surface area contributed by atoms with Gasteiger partial charge in [0.2, 0.25) is 0 Å². The fourth-order valence-corrected chi connectivity index (χ4v) is 4.83. The summed E-state index contributed by atoms with van der Waals surface area (Å²) >= 11 is 0. The molecule has 1 aromatic carbocycles. The zero-order valence-electron chi connectivity index (χ0n) is 14.8. The summed E-state index contributed by atoms with van der Waals surface area (Å²) in [4.78, 5) is 10.3. The minimum absolute atomic E-state index is 0.368. The Morgan fingerprint density at radius 2 is 1.88 bits per heavy atom. The molecule has 3 atom stereocenters. The lowest BCUT2D eigenvalue weighted by Gasteiger charge is -2.46. The third-order valence-electron chi connectivity index (χ3n) is 6.19. The van der Waals surface area contributed by atoms with Crippen molar-refractivity contribution in [2.75, 3.05) is 33.2 Å². The number of para-hydroxylation sites is 1. The number of hydrogen-bond acceptors (Lipinski definition) is 3. The molecule has 0 bridgehead atoms. The quantitative estimate of drug-likeness (QED) is 0.780. The Morgan fingerprint density at radius 3 is 2.76 bits per heavy atom. The number of allylic oxidation sites excluding steroid dienone is 6. The molecule has 0 radical (unpaired) electrons. The average Bonchev–Trinajstić information content (AvgIpc) is 2.67. The van der Waals surface area contributed by atoms with Crippen LogP contribution in [0.4, 0.5) is 5.69 Å². The maximum absolute atomic E-state index is 5.17. The van der Waals surface area contributed by atoms with Gasteiger partial charge < -0.3 is 4.90 Å². The van der Waals surface area contributed by atoms with Crippen molar-refractivity contribution in [2.24, 2.45) is 16.8 Å². The average molecular weight is 331 g/mol. The van der Waals surface area contributed by atoms with Crippen LogP contribution in [-0.4, -0.2) is 48.7 Å². The van der Waals surface area contributed by atoms with Gasteiger partial charge in [-0.1, -0.05) is 48.6 Å². The van der Waals surface area contributed by atoms with Crippen molar-refractivity contribution >= 4 is 11.4 Å². The fourth-order valence-electron chi connectivity index (χ4n) is 4.83. The van der Waals surface area contributed by atoms with E-state index >= 15 is 0 Å². The molecule has 3 nitrogen and oxygen atoms in total. The number of aliphatic imine (C=N–C) groups is 1. The van der Waals surface area contributed by atoms with Crippen molar-refractivity contribution in [3.8, 4) is 0 Å². The highest BCUT2D eigenvalue weighted by molar-refractivity contribution is 5.98. The zero-order chi connectivity index (χ0) is 16.8. The van der Waals surface area contributed by atoms with Crippen molar-refractivity contribution in [1.82, 2.24) is 9.80 Å². The van der Waals surface area contributed by atoms with Crippen LogP contribution < -0.4 is 0 Å². The topological polar surface area (TPSA) is 18.8 Å². The molecule has 0 aromatic heterocycles. The molecule has 3 heteroatoms. The van der Waals surface area contributed by atoms with Gasteiger partial charge in [-0.15, -0.1) is 0 Å². The fraction of sp³-hybridized carbons (Fsp3) is 0.409. The molecule has 1 saturated heterocycles. The predicted octanol–water partition coefficient (Wildman–Crippen LogP) is 3.75. The van der Waals surface area contributed by atoms with Crippen LogP contribution >= 0.6 is 0 Å². The standard InChI is InChI=1S/C22H25N3/c1-24-12-14-25(15-13-24)22-18-8-4-5-9-20(18)23-21-17-7-3-2-6-16(17)10-11-19(21)22/h2-10,17,19,22H,11-15H2,1H3. The third kappa shape index (κ3) is 2.54. The monoisotopic (exact) mass is 331 g/mol. The Hall–Kier alpha value is -1.97. The second kappa shape index (κ2) is 6.08. The molecule has 1 aromatic rings. The van der Waals surface area contributed by atoms with E-state index in [0.717, 1.165) is 32.6 Å². The highest BCUT2D eigenvalue weighted by Gasteiger charge is 2.41. The first kappa shape index (κ1) is 15.3. The van der Waals surface area contributed by atoms with Gasteiger partial charge in [-0.25, -0.2) is 0 Å². The zero-order valence-corrected chi connectivity index (χ0v) is 14.8. The van der Waals surface area contributed by atoms with Crippen LogP contribution in [0.5, 0.6) is 0 Å². The van der Waals surface area contributed by atoms with Crippen LogP contribution in [0.1, 0.15) is 18.0 Å². The second-order valence-corrected chi connectivity index (χ2v) is 7.65. The number of rotatable bonds is 1. The first-order valence-corrected chi connectivity index (χ1v) is 9.46. The van der Waals surface area contributed by atoms with E-state index in [-0.39, 0.29) is 0 Å². The van der Waals surface area contributed by atoms with Gasteiger partial charge in [0.25, 0.3) is 0 Å².